The Morgan fingerprint density at radius 1 is 1.35 bits per heavy atom. The predicted molar refractivity (Wildman–Crippen MR) is 129 cm³/mol. The largest absolute Gasteiger partial charge is 0.383 e. The van der Waals surface area contributed by atoms with Gasteiger partial charge in [0.05, 0.1) is 23.8 Å². The normalized spacial score (nSPS) is 12.5. The molecule has 3 aromatic heterocycles. The number of thioether (sulfide) groups is 1. The zero-order valence-electron chi connectivity index (χ0n) is 18.9. The molecule has 31 heavy (non-hydrogen) atoms. The summed E-state index contributed by atoms with van der Waals surface area (Å²) in [6.45, 7) is 14.7. The number of carbonyl (C=O) groups is 1. The maximum absolute atomic E-state index is 13.1. The summed E-state index contributed by atoms with van der Waals surface area (Å²) < 4.78 is 9.02. The van der Waals surface area contributed by atoms with Crippen LogP contribution >= 0.6 is 23.1 Å². The van der Waals surface area contributed by atoms with Crippen molar-refractivity contribution in [2.24, 2.45) is 0 Å². The fourth-order valence-electron chi connectivity index (χ4n) is 3.97. The molecular weight excluding hydrogens is 430 g/mol. The van der Waals surface area contributed by atoms with Gasteiger partial charge in [-0.05, 0) is 46.2 Å². The second-order valence-corrected chi connectivity index (χ2v) is 9.88. The lowest BCUT2D eigenvalue weighted by atomic mass is 10.2. The number of ketones is 1. The summed E-state index contributed by atoms with van der Waals surface area (Å²) >= 11 is 2.82. The van der Waals surface area contributed by atoms with Crippen molar-refractivity contribution >= 4 is 39.1 Å². The van der Waals surface area contributed by atoms with Crippen LogP contribution in [0.1, 0.15) is 45.2 Å². The van der Waals surface area contributed by atoms with Gasteiger partial charge in [-0.1, -0.05) is 17.8 Å². The number of aryl methyl sites for hydroxylation is 3. The molecule has 0 aliphatic rings. The second kappa shape index (κ2) is 9.54. The van der Waals surface area contributed by atoms with Gasteiger partial charge in [0.25, 0.3) is 5.56 Å². The molecular formula is C23H29N3O3S2. The van der Waals surface area contributed by atoms with Crippen LogP contribution in [0.5, 0.6) is 0 Å². The monoisotopic (exact) mass is 459 g/mol. The van der Waals surface area contributed by atoms with Crippen molar-refractivity contribution in [2.75, 3.05) is 19.5 Å². The van der Waals surface area contributed by atoms with E-state index in [1.165, 1.54) is 23.1 Å². The molecule has 0 amide bonds. The van der Waals surface area contributed by atoms with Gasteiger partial charge in [0.1, 0.15) is 4.83 Å². The fraction of sp³-hybridized carbons (Fsp3) is 0.435. The molecule has 0 fully saturated rings. The summed E-state index contributed by atoms with van der Waals surface area (Å²) in [5.41, 5.74) is 3.57. The third-order valence-electron chi connectivity index (χ3n) is 5.53. The number of carbonyl (C=O) groups excluding carboxylic acids is 1. The average Bonchev–Trinajstić information content (AvgIpc) is 3.17. The third-order valence-corrected chi connectivity index (χ3v) is 7.61. The quantitative estimate of drug-likeness (QED) is 0.198. The predicted octanol–water partition coefficient (Wildman–Crippen LogP) is 4.86. The van der Waals surface area contributed by atoms with Crippen molar-refractivity contribution in [1.82, 2.24) is 14.1 Å². The summed E-state index contributed by atoms with van der Waals surface area (Å²) in [6.07, 6.45) is 1.68. The lowest BCUT2D eigenvalue weighted by molar-refractivity contribution is 0.102. The van der Waals surface area contributed by atoms with Gasteiger partial charge in [0, 0.05) is 35.5 Å². The lowest BCUT2D eigenvalue weighted by Gasteiger charge is -2.17. The van der Waals surface area contributed by atoms with E-state index >= 15 is 0 Å². The Balaban J connectivity index is 1.92. The van der Waals surface area contributed by atoms with Crippen molar-refractivity contribution in [2.45, 2.75) is 52.4 Å². The molecule has 0 N–H and O–H groups in total. The summed E-state index contributed by atoms with van der Waals surface area (Å²) in [7, 11) is 1.68. The SMILES string of the molecule is C=CCn1c(SCC(=O)c2cc(C)n([C@H](C)COC)c2C)nc2sc(C)c(C)c2c1=O. The van der Waals surface area contributed by atoms with Crippen molar-refractivity contribution in [3.8, 4) is 0 Å². The van der Waals surface area contributed by atoms with Gasteiger partial charge in [-0.15, -0.1) is 17.9 Å². The summed E-state index contributed by atoms with van der Waals surface area (Å²) in [5.74, 6) is 0.230. The van der Waals surface area contributed by atoms with Crippen LogP contribution in [0.4, 0.5) is 0 Å². The summed E-state index contributed by atoms with van der Waals surface area (Å²) in [6, 6.07) is 2.08. The first kappa shape index (κ1) is 23.5. The molecule has 1 atom stereocenters. The molecule has 0 aliphatic heterocycles. The third kappa shape index (κ3) is 4.42. The molecule has 0 saturated carbocycles. The Bertz CT molecular complexity index is 1200. The Morgan fingerprint density at radius 2 is 2.06 bits per heavy atom. The van der Waals surface area contributed by atoms with Crippen molar-refractivity contribution in [3.05, 3.63) is 56.5 Å². The van der Waals surface area contributed by atoms with Gasteiger partial charge in [0.2, 0.25) is 0 Å². The highest BCUT2D eigenvalue weighted by molar-refractivity contribution is 7.99. The summed E-state index contributed by atoms with van der Waals surface area (Å²) in [4.78, 5) is 32.7. The van der Waals surface area contributed by atoms with E-state index in [4.69, 9.17) is 9.72 Å². The summed E-state index contributed by atoms with van der Waals surface area (Å²) in [5, 5.41) is 1.21. The van der Waals surface area contributed by atoms with Gasteiger partial charge in [-0.3, -0.25) is 14.2 Å². The Labute approximate surface area is 190 Å². The molecule has 8 heteroatoms. The number of rotatable bonds is 9. The molecule has 0 radical (unpaired) electrons. The second-order valence-electron chi connectivity index (χ2n) is 7.73. The van der Waals surface area contributed by atoms with Crippen LogP contribution in [0, 0.1) is 27.7 Å². The fourth-order valence-corrected chi connectivity index (χ4v) is 5.93. The Kier molecular flexibility index (Phi) is 7.24. The number of thiophene rings is 1. The standard InChI is InChI=1S/C23H29N3O3S2/c1-8-9-25-22(28)20-15(4)17(6)31-21(20)24-23(25)30-12-19(27)18-10-13(2)26(16(18)5)14(3)11-29-7/h8,10,14H,1,9,11-12H2,2-7H3/t14-/m1/s1. The van der Waals surface area contributed by atoms with Crippen molar-refractivity contribution < 1.29 is 9.53 Å². The number of aromatic nitrogens is 3. The van der Waals surface area contributed by atoms with Crippen LogP contribution in [-0.4, -0.2) is 39.4 Å². The zero-order chi connectivity index (χ0) is 22.9. The van der Waals surface area contributed by atoms with Gasteiger partial charge < -0.3 is 9.30 Å². The number of hydrogen-bond acceptors (Lipinski definition) is 6. The molecule has 3 aromatic rings. The van der Waals surface area contributed by atoms with E-state index < -0.39 is 0 Å². The molecule has 6 nitrogen and oxygen atoms in total. The maximum Gasteiger partial charge on any atom is 0.263 e. The average molecular weight is 460 g/mol. The number of methoxy groups -OCH3 is 1. The van der Waals surface area contributed by atoms with E-state index in [0.717, 1.165) is 26.7 Å². The van der Waals surface area contributed by atoms with E-state index in [-0.39, 0.29) is 23.1 Å². The minimum Gasteiger partial charge on any atom is -0.383 e. The van der Waals surface area contributed by atoms with Gasteiger partial charge in [-0.25, -0.2) is 4.98 Å². The number of nitrogens with zero attached hydrogens (tertiary/aromatic N) is 3. The number of hydrogen-bond donors (Lipinski definition) is 0. The minimum atomic E-state index is -0.0757. The number of allylic oxidation sites excluding steroid dienone is 1. The van der Waals surface area contributed by atoms with Crippen LogP contribution in [0.2, 0.25) is 0 Å². The van der Waals surface area contributed by atoms with Gasteiger partial charge >= 0.3 is 0 Å². The zero-order valence-corrected chi connectivity index (χ0v) is 20.6. The van der Waals surface area contributed by atoms with Crippen LogP contribution in [0.15, 0.2) is 28.7 Å². The molecule has 0 aromatic carbocycles. The van der Waals surface area contributed by atoms with E-state index in [9.17, 15) is 9.59 Å². The Hall–Kier alpha value is -2.16. The van der Waals surface area contributed by atoms with Crippen LogP contribution < -0.4 is 5.56 Å². The number of fused-ring (bicyclic) bond motifs is 1. The highest BCUT2D eigenvalue weighted by Crippen LogP contribution is 2.29. The van der Waals surface area contributed by atoms with Crippen LogP contribution in [-0.2, 0) is 11.3 Å². The van der Waals surface area contributed by atoms with Gasteiger partial charge in [0.15, 0.2) is 10.9 Å². The first-order chi connectivity index (χ1) is 14.7. The highest BCUT2D eigenvalue weighted by atomic mass is 32.2. The van der Waals surface area contributed by atoms with E-state index in [1.807, 2.05) is 33.8 Å². The molecule has 0 unspecified atom stereocenters. The number of ether oxygens (including phenoxy) is 1. The molecule has 3 rings (SSSR count). The minimum absolute atomic E-state index is 0.0204. The van der Waals surface area contributed by atoms with E-state index in [1.54, 1.807) is 17.8 Å². The molecule has 0 spiro atoms. The van der Waals surface area contributed by atoms with Crippen molar-refractivity contribution in [1.29, 1.82) is 0 Å². The Morgan fingerprint density at radius 3 is 2.71 bits per heavy atom. The van der Waals surface area contributed by atoms with E-state index in [0.29, 0.717) is 29.3 Å². The first-order valence-corrected chi connectivity index (χ1v) is 12.0. The van der Waals surface area contributed by atoms with Crippen molar-refractivity contribution in [3.63, 3.8) is 0 Å². The van der Waals surface area contributed by atoms with Gasteiger partial charge in [-0.2, -0.15) is 0 Å². The molecule has 0 saturated heterocycles. The molecule has 3 heterocycles. The maximum atomic E-state index is 13.1. The topological polar surface area (TPSA) is 66.1 Å². The molecule has 0 bridgehead atoms. The first-order valence-electron chi connectivity index (χ1n) is 10.2. The molecule has 166 valence electrons. The smallest absolute Gasteiger partial charge is 0.263 e. The van der Waals surface area contributed by atoms with E-state index in [2.05, 4.69) is 18.1 Å². The highest BCUT2D eigenvalue weighted by Gasteiger charge is 2.21. The van der Waals surface area contributed by atoms with Crippen LogP contribution in [0.25, 0.3) is 10.2 Å². The molecule has 0 aliphatic carbocycles. The number of Topliss-reactive ketones (excluding diaryl/α,β-unsaturated/α-hetero) is 1. The lowest BCUT2D eigenvalue weighted by Crippen LogP contribution is -2.23. The van der Waals surface area contributed by atoms with Crippen LogP contribution in [0.3, 0.4) is 0 Å².